The fraction of sp³-hybridized carbons (Fsp3) is 0.462. The van der Waals surface area contributed by atoms with Crippen molar-refractivity contribution in [2.24, 2.45) is 5.92 Å². The molecule has 2 amide bonds. The molecular formula is C26H30F3N3O2. The number of carbonyl (C=O) groups is 2. The Morgan fingerprint density at radius 1 is 0.912 bits per heavy atom. The van der Waals surface area contributed by atoms with E-state index in [1.807, 2.05) is 18.2 Å². The second-order valence-corrected chi connectivity index (χ2v) is 9.21. The normalized spacial score (nSPS) is 20.2. The number of benzene rings is 2. The molecular weight excluding hydrogens is 443 g/mol. The summed E-state index contributed by atoms with van der Waals surface area (Å²) in [6.07, 6.45) is -1.32. The molecule has 2 aliphatic rings. The molecule has 8 heteroatoms. The molecule has 2 saturated heterocycles. The second-order valence-electron chi connectivity index (χ2n) is 9.21. The molecule has 0 bridgehead atoms. The Morgan fingerprint density at radius 3 is 2.24 bits per heavy atom. The van der Waals surface area contributed by atoms with Gasteiger partial charge in [-0.2, -0.15) is 13.2 Å². The minimum Gasteiger partial charge on any atom is -0.352 e. The number of halogens is 3. The lowest BCUT2D eigenvalue weighted by Gasteiger charge is -2.35. The summed E-state index contributed by atoms with van der Waals surface area (Å²) in [7, 11) is 0. The van der Waals surface area contributed by atoms with Gasteiger partial charge in [-0.25, -0.2) is 0 Å². The van der Waals surface area contributed by atoms with E-state index in [4.69, 9.17) is 0 Å². The van der Waals surface area contributed by atoms with Gasteiger partial charge in [-0.05, 0) is 62.1 Å². The number of carbonyl (C=O) groups excluding carboxylic acids is 2. The van der Waals surface area contributed by atoms with E-state index in [2.05, 4.69) is 22.3 Å². The van der Waals surface area contributed by atoms with Gasteiger partial charge in [0.1, 0.15) is 0 Å². The fourth-order valence-corrected chi connectivity index (χ4v) is 4.81. The van der Waals surface area contributed by atoms with Crippen LogP contribution < -0.4 is 5.32 Å². The third-order valence-corrected chi connectivity index (χ3v) is 6.71. The monoisotopic (exact) mass is 473 g/mol. The number of nitrogens with one attached hydrogen (secondary N) is 1. The molecule has 4 rings (SSSR count). The Hall–Kier alpha value is -2.87. The first-order valence-corrected chi connectivity index (χ1v) is 11.8. The van der Waals surface area contributed by atoms with Crippen molar-refractivity contribution in [1.82, 2.24) is 15.1 Å². The van der Waals surface area contributed by atoms with Crippen LogP contribution in [0, 0.1) is 5.92 Å². The van der Waals surface area contributed by atoms with Gasteiger partial charge in [0.05, 0.1) is 5.56 Å². The lowest BCUT2D eigenvalue weighted by atomic mass is 9.94. The summed E-state index contributed by atoms with van der Waals surface area (Å²) in [6, 6.07) is 14.7. The predicted molar refractivity (Wildman–Crippen MR) is 123 cm³/mol. The third kappa shape index (κ3) is 6.17. The molecule has 1 unspecified atom stereocenters. The first-order valence-electron chi connectivity index (χ1n) is 11.8. The number of hydrogen-bond donors (Lipinski definition) is 1. The van der Waals surface area contributed by atoms with E-state index in [-0.39, 0.29) is 29.3 Å². The van der Waals surface area contributed by atoms with Gasteiger partial charge >= 0.3 is 6.18 Å². The van der Waals surface area contributed by atoms with Crippen LogP contribution in [-0.4, -0.2) is 53.8 Å². The number of amides is 2. The van der Waals surface area contributed by atoms with Crippen molar-refractivity contribution in [3.05, 3.63) is 71.3 Å². The predicted octanol–water partition coefficient (Wildman–Crippen LogP) is 4.34. The van der Waals surface area contributed by atoms with Crippen LogP contribution in [0.15, 0.2) is 54.6 Å². The quantitative estimate of drug-likeness (QED) is 0.703. The molecule has 1 atom stereocenters. The Bertz CT molecular complexity index is 971. The summed E-state index contributed by atoms with van der Waals surface area (Å²) in [6.45, 7) is 3.56. The van der Waals surface area contributed by atoms with Gasteiger partial charge in [-0.1, -0.05) is 30.3 Å². The Kier molecular flexibility index (Phi) is 7.56. The molecule has 0 spiro atoms. The summed E-state index contributed by atoms with van der Waals surface area (Å²) in [5, 5.41) is 3.21. The van der Waals surface area contributed by atoms with Crippen molar-refractivity contribution in [2.45, 2.75) is 44.4 Å². The van der Waals surface area contributed by atoms with E-state index in [9.17, 15) is 22.8 Å². The Morgan fingerprint density at radius 2 is 1.59 bits per heavy atom. The molecule has 2 aromatic rings. The number of hydrogen-bond acceptors (Lipinski definition) is 3. The molecule has 0 saturated carbocycles. The first-order chi connectivity index (χ1) is 16.3. The van der Waals surface area contributed by atoms with Crippen LogP contribution in [0.3, 0.4) is 0 Å². The van der Waals surface area contributed by atoms with Crippen molar-refractivity contribution in [3.8, 4) is 0 Å². The lowest BCUT2D eigenvalue weighted by molar-refractivity contribution is -0.137. The third-order valence-electron chi connectivity index (χ3n) is 6.71. The lowest BCUT2D eigenvalue weighted by Crippen LogP contribution is -2.50. The van der Waals surface area contributed by atoms with Crippen LogP contribution in [0.1, 0.15) is 47.2 Å². The molecule has 2 aliphatic heterocycles. The fourth-order valence-electron chi connectivity index (χ4n) is 4.81. The molecule has 5 nitrogen and oxygen atoms in total. The van der Waals surface area contributed by atoms with Crippen LogP contribution in [0.25, 0.3) is 0 Å². The van der Waals surface area contributed by atoms with Crippen LogP contribution in [0.2, 0.25) is 0 Å². The number of nitrogens with zero attached hydrogens (tertiary/aromatic N) is 2. The largest absolute Gasteiger partial charge is 0.416 e. The topological polar surface area (TPSA) is 52.7 Å². The van der Waals surface area contributed by atoms with E-state index in [0.717, 1.165) is 44.6 Å². The first kappa shape index (κ1) is 24.3. The van der Waals surface area contributed by atoms with Gasteiger partial charge in [0.15, 0.2) is 0 Å². The van der Waals surface area contributed by atoms with E-state index < -0.39 is 11.7 Å². The van der Waals surface area contributed by atoms with Crippen LogP contribution in [-0.2, 0) is 17.5 Å². The smallest absolute Gasteiger partial charge is 0.352 e. The highest BCUT2D eigenvalue weighted by atomic mass is 19.4. The van der Waals surface area contributed by atoms with Crippen molar-refractivity contribution in [1.29, 1.82) is 0 Å². The van der Waals surface area contributed by atoms with E-state index >= 15 is 0 Å². The summed E-state index contributed by atoms with van der Waals surface area (Å²) in [5.74, 6) is -0.411. The Labute approximate surface area is 197 Å². The highest BCUT2D eigenvalue weighted by molar-refractivity contribution is 5.94. The number of alkyl halides is 3. The number of piperidine rings is 2. The average molecular weight is 474 g/mol. The van der Waals surface area contributed by atoms with Gasteiger partial charge in [-0.15, -0.1) is 0 Å². The maximum Gasteiger partial charge on any atom is 0.416 e. The molecule has 2 fully saturated rings. The molecule has 0 radical (unpaired) electrons. The highest BCUT2D eigenvalue weighted by Crippen LogP contribution is 2.29. The van der Waals surface area contributed by atoms with Gasteiger partial charge < -0.3 is 10.2 Å². The molecule has 0 aliphatic carbocycles. The maximum absolute atomic E-state index is 12.9. The van der Waals surface area contributed by atoms with Crippen molar-refractivity contribution in [3.63, 3.8) is 0 Å². The average Bonchev–Trinajstić information content (AvgIpc) is 2.84. The van der Waals surface area contributed by atoms with Gasteiger partial charge in [-0.3, -0.25) is 14.5 Å². The van der Waals surface area contributed by atoms with Gasteiger partial charge in [0.25, 0.3) is 5.91 Å². The van der Waals surface area contributed by atoms with Gasteiger partial charge in [0, 0.05) is 43.7 Å². The van der Waals surface area contributed by atoms with Crippen LogP contribution >= 0.6 is 0 Å². The summed E-state index contributed by atoms with van der Waals surface area (Å²) >= 11 is 0. The van der Waals surface area contributed by atoms with Gasteiger partial charge in [0.2, 0.25) is 5.91 Å². The maximum atomic E-state index is 12.9. The zero-order valence-corrected chi connectivity index (χ0v) is 19.1. The summed E-state index contributed by atoms with van der Waals surface area (Å²) in [5.41, 5.74) is 0.723. The van der Waals surface area contributed by atoms with E-state index in [0.29, 0.717) is 25.9 Å². The second kappa shape index (κ2) is 10.6. The number of likely N-dealkylation sites (tertiary alicyclic amines) is 2. The minimum atomic E-state index is -4.43. The molecule has 182 valence electrons. The van der Waals surface area contributed by atoms with Crippen LogP contribution in [0.4, 0.5) is 13.2 Å². The highest BCUT2D eigenvalue weighted by Gasteiger charge is 2.32. The molecule has 2 aromatic carbocycles. The zero-order valence-electron chi connectivity index (χ0n) is 19.1. The van der Waals surface area contributed by atoms with Crippen molar-refractivity contribution >= 4 is 11.8 Å². The standard InChI is InChI=1S/C26H30F3N3O2/c27-26(28,29)22-10-8-21(9-11-22)25(34)32-15-12-20(13-16-32)24(33)30-23-7-4-14-31(18-23)17-19-5-2-1-3-6-19/h1-3,5-6,8-11,20,23H,4,7,12-18H2,(H,30,33). The zero-order chi connectivity index (χ0) is 24.1. The molecule has 0 aromatic heterocycles. The molecule has 34 heavy (non-hydrogen) atoms. The minimum absolute atomic E-state index is 0.0354. The van der Waals surface area contributed by atoms with E-state index in [1.54, 1.807) is 4.90 Å². The van der Waals surface area contributed by atoms with Crippen molar-refractivity contribution < 1.29 is 22.8 Å². The summed E-state index contributed by atoms with van der Waals surface area (Å²) in [4.78, 5) is 29.5. The molecule has 2 heterocycles. The van der Waals surface area contributed by atoms with Crippen molar-refractivity contribution in [2.75, 3.05) is 26.2 Å². The Balaban J connectivity index is 1.24. The molecule has 1 N–H and O–H groups in total. The number of rotatable bonds is 5. The van der Waals surface area contributed by atoms with Crippen LogP contribution in [0.5, 0.6) is 0 Å². The van der Waals surface area contributed by atoms with E-state index in [1.165, 1.54) is 17.7 Å². The summed E-state index contributed by atoms with van der Waals surface area (Å²) < 4.78 is 38.2. The SMILES string of the molecule is O=C(NC1CCCN(Cc2ccccc2)C1)C1CCN(C(=O)c2ccc(C(F)(F)F)cc2)CC1.